The van der Waals surface area contributed by atoms with Crippen LogP contribution in [0.5, 0.6) is 0 Å². The number of aromatic nitrogens is 2. The average molecular weight is 340 g/mol. The summed E-state index contributed by atoms with van der Waals surface area (Å²) in [4.78, 5) is 11.7. The fraction of sp³-hybridized carbons (Fsp3) is 0.357. The second-order valence-electron chi connectivity index (χ2n) is 5.58. The lowest BCUT2D eigenvalue weighted by molar-refractivity contribution is 0.244. The van der Waals surface area contributed by atoms with E-state index >= 15 is 0 Å². The molecule has 0 fully saturated rings. The van der Waals surface area contributed by atoms with Gasteiger partial charge in [-0.1, -0.05) is 41.3 Å². The van der Waals surface area contributed by atoms with Gasteiger partial charge >= 0.3 is 6.03 Å². The van der Waals surface area contributed by atoms with Crippen LogP contribution in [0.15, 0.2) is 28.6 Å². The summed E-state index contributed by atoms with van der Waals surface area (Å²) in [7, 11) is 0. The first kappa shape index (κ1) is 16.7. The number of benzene rings is 1. The first-order valence-corrected chi connectivity index (χ1v) is 8.42. The first-order valence-electron chi connectivity index (χ1n) is 6.62. The molecule has 0 saturated carbocycles. The van der Waals surface area contributed by atoms with Crippen molar-refractivity contribution in [1.82, 2.24) is 15.5 Å². The second kappa shape index (κ2) is 7.06. The molecule has 0 saturated heterocycles. The number of amides is 2. The van der Waals surface area contributed by atoms with Crippen molar-refractivity contribution in [2.75, 3.05) is 5.32 Å². The normalized spacial score (nSPS) is 11.3. The Hall–Kier alpha value is -1.67. The zero-order valence-electron chi connectivity index (χ0n) is 12.5. The van der Waals surface area contributed by atoms with Crippen LogP contribution in [0, 0.1) is 5.82 Å². The van der Waals surface area contributed by atoms with Crippen molar-refractivity contribution >= 4 is 34.3 Å². The zero-order chi connectivity index (χ0) is 16.2. The number of nitrogens with one attached hydrogen (secondary N) is 2. The number of hydrogen-bond acceptors (Lipinski definition) is 5. The predicted molar refractivity (Wildman–Crippen MR) is 87.8 cm³/mol. The quantitative estimate of drug-likeness (QED) is 0.654. The van der Waals surface area contributed by atoms with E-state index < -0.39 is 0 Å². The number of hydrogen-bond donors (Lipinski definition) is 2. The Morgan fingerprint density at radius 3 is 2.73 bits per heavy atom. The van der Waals surface area contributed by atoms with Crippen LogP contribution >= 0.6 is 23.1 Å². The van der Waals surface area contributed by atoms with E-state index in [4.69, 9.17) is 0 Å². The molecule has 0 aliphatic heterocycles. The third-order valence-corrected chi connectivity index (χ3v) is 4.45. The highest BCUT2D eigenvalue weighted by molar-refractivity contribution is 8.00. The van der Waals surface area contributed by atoms with E-state index in [0.29, 0.717) is 20.8 Å². The predicted octanol–water partition coefficient (Wildman–Crippen LogP) is 3.89. The van der Waals surface area contributed by atoms with E-state index in [2.05, 4.69) is 20.8 Å². The Bertz CT molecular complexity index is 654. The fourth-order valence-electron chi connectivity index (χ4n) is 1.54. The molecule has 5 nitrogen and oxygen atoms in total. The first-order chi connectivity index (χ1) is 10.3. The van der Waals surface area contributed by atoms with Gasteiger partial charge in [-0.3, -0.25) is 5.32 Å². The van der Waals surface area contributed by atoms with Crippen molar-refractivity contribution in [3.63, 3.8) is 0 Å². The maximum atomic E-state index is 13.5. The number of anilines is 1. The molecule has 8 heteroatoms. The Morgan fingerprint density at radius 1 is 1.32 bits per heavy atom. The highest BCUT2D eigenvalue weighted by atomic mass is 32.2. The third kappa shape index (κ3) is 5.27. The van der Waals surface area contributed by atoms with Gasteiger partial charge in [0.2, 0.25) is 5.13 Å². The molecule has 2 N–H and O–H groups in total. The largest absolute Gasteiger partial charge is 0.333 e. The van der Waals surface area contributed by atoms with Crippen LogP contribution in [0.25, 0.3) is 0 Å². The maximum absolute atomic E-state index is 13.5. The van der Waals surface area contributed by atoms with Gasteiger partial charge in [0.05, 0.1) is 0 Å². The van der Waals surface area contributed by atoms with Gasteiger partial charge in [-0.15, -0.1) is 10.2 Å². The molecule has 0 spiro atoms. The molecule has 0 bridgehead atoms. The smallest absolute Gasteiger partial charge is 0.321 e. The van der Waals surface area contributed by atoms with Gasteiger partial charge in [0.25, 0.3) is 0 Å². The average Bonchev–Trinajstić information content (AvgIpc) is 2.83. The minimum absolute atomic E-state index is 0.234. The summed E-state index contributed by atoms with van der Waals surface area (Å²) in [6.45, 7) is 5.67. The molecule has 2 aromatic rings. The van der Waals surface area contributed by atoms with Crippen LogP contribution in [-0.4, -0.2) is 21.8 Å². The van der Waals surface area contributed by atoms with Crippen LogP contribution in [-0.2, 0) is 5.75 Å². The molecule has 22 heavy (non-hydrogen) atoms. The summed E-state index contributed by atoms with van der Waals surface area (Å²) in [5.41, 5.74) is 0.291. The Balaban J connectivity index is 1.89. The monoisotopic (exact) mass is 340 g/mol. The van der Waals surface area contributed by atoms with E-state index in [9.17, 15) is 9.18 Å². The van der Waals surface area contributed by atoms with E-state index in [1.807, 2.05) is 20.8 Å². The summed E-state index contributed by atoms with van der Waals surface area (Å²) >= 11 is 2.64. The van der Waals surface area contributed by atoms with Gasteiger partial charge in [0.15, 0.2) is 4.34 Å². The number of carbonyl (C=O) groups is 1. The Kier molecular flexibility index (Phi) is 5.36. The molecule has 1 heterocycles. The SMILES string of the molecule is CC(C)(C)NC(=O)Nc1nnc(SCc2ccccc2F)s1. The number of rotatable bonds is 4. The fourth-order valence-corrected chi connectivity index (χ4v) is 3.28. The van der Waals surface area contributed by atoms with Crippen molar-refractivity contribution in [3.05, 3.63) is 35.6 Å². The van der Waals surface area contributed by atoms with E-state index in [1.165, 1.54) is 29.2 Å². The molecular weight excluding hydrogens is 323 g/mol. The van der Waals surface area contributed by atoms with Crippen LogP contribution in [0.2, 0.25) is 0 Å². The number of halogens is 1. The molecule has 118 valence electrons. The maximum Gasteiger partial charge on any atom is 0.321 e. The van der Waals surface area contributed by atoms with Crippen LogP contribution < -0.4 is 10.6 Å². The zero-order valence-corrected chi connectivity index (χ0v) is 14.1. The summed E-state index contributed by atoms with van der Waals surface area (Å²) in [6.07, 6.45) is 0. The minimum atomic E-state index is -0.325. The molecule has 2 rings (SSSR count). The third-order valence-electron chi connectivity index (χ3n) is 2.42. The number of urea groups is 1. The molecule has 1 aromatic heterocycles. The molecular formula is C14H17FN4OS2. The van der Waals surface area contributed by atoms with Gasteiger partial charge in [-0.2, -0.15) is 0 Å². The van der Waals surface area contributed by atoms with Crippen molar-refractivity contribution in [2.45, 2.75) is 36.4 Å². The lowest BCUT2D eigenvalue weighted by Gasteiger charge is -2.19. The van der Waals surface area contributed by atoms with Crippen LogP contribution in [0.1, 0.15) is 26.3 Å². The van der Waals surface area contributed by atoms with Gasteiger partial charge in [0, 0.05) is 11.3 Å². The molecule has 1 aromatic carbocycles. The van der Waals surface area contributed by atoms with Crippen molar-refractivity contribution in [3.8, 4) is 0 Å². The van der Waals surface area contributed by atoms with Crippen molar-refractivity contribution in [1.29, 1.82) is 0 Å². The van der Waals surface area contributed by atoms with E-state index in [0.717, 1.165) is 0 Å². The number of nitrogens with zero attached hydrogens (tertiary/aromatic N) is 2. The molecule has 0 aliphatic carbocycles. The van der Waals surface area contributed by atoms with Crippen LogP contribution in [0.3, 0.4) is 0 Å². The highest BCUT2D eigenvalue weighted by Gasteiger charge is 2.15. The van der Waals surface area contributed by atoms with Gasteiger partial charge < -0.3 is 5.32 Å². The van der Waals surface area contributed by atoms with E-state index in [1.54, 1.807) is 18.2 Å². The van der Waals surface area contributed by atoms with Crippen molar-refractivity contribution < 1.29 is 9.18 Å². The summed E-state index contributed by atoms with van der Waals surface area (Å²) in [5.74, 6) is 0.234. The Labute approximate surface area is 136 Å². The Morgan fingerprint density at radius 2 is 2.05 bits per heavy atom. The van der Waals surface area contributed by atoms with Gasteiger partial charge in [-0.25, -0.2) is 9.18 Å². The summed E-state index contributed by atoms with van der Waals surface area (Å²) in [5, 5.41) is 13.7. The molecule has 0 unspecified atom stereocenters. The second-order valence-corrected chi connectivity index (χ2v) is 7.78. The lowest BCUT2D eigenvalue weighted by atomic mass is 10.1. The van der Waals surface area contributed by atoms with Crippen molar-refractivity contribution in [2.24, 2.45) is 0 Å². The minimum Gasteiger partial charge on any atom is -0.333 e. The standard InChI is InChI=1S/C14H17FN4OS2/c1-14(2,3)17-11(20)16-12-18-19-13(22-12)21-8-9-6-4-5-7-10(9)15/h4-7H,8H2,1-3H3,(H2,16,17,18,20). The molecule has 0 aliphatic rings. The van der Waals surface area contributed by atoms with Gasteiger partial charge in [-0.05, 0) is 32.4 Å². The number of carbonyl (C=O) groups excluding carboxylic acids is 1. The molecule has 0 radical (unpaired) electrons. The van der Waals surface area contributed by atoms with E-state index in [-0.39, 0.29) is 17.4 Å². The summed E-state index contributed by atoms with van der Waals surface area (Å²) < 4.78 is 14.2. The highest BCUT2D eigenvalue weighted by Crippen LogP contribution is 2.28. The lowest BCUT2D eigenvalue weighted by Crippen LogP contribution is -2.43. The number of thioether (sulfide) groups is 1. The van der Waals surface area contributed by atoms with Crippen LogP contribution in [0.4, 0.5) is 14.3 Å². The van der Waals surface area contributed by atoms with Gasteiger partial charge in [0.1, 0.15) is 5.82 Å². The topological polar surface area (TPSA) is 66.9 Å². The summed E-state index contributed by atoms with van der Waals surface area (Å²) in [6, 6.07) is 6.29. The molecule has 0 atom stereocenters. The molecule has 2 amide bonds.